The molecular weight excluding hydrogens is 298 g/mol. The Labute approximate surface area is 147 Å². The maximum atomic E-state index is 6.23. The lowest BCUT2D eigenvalue weighted by Crippen LogP contribution is -2.51. The van der Waals surface area contributed by atoms with Crippen molar-refractivity contribution in [2.75, 3.05) is 13.1 Å². The Bertz CT molecular complexity index is 535. The third-order valence-corrected chi connectivity index (χ3v) is 5.78. The van der Waals surface area contributed by atoms with E-state index in [4.69, 9.17) is 4.74 Å². The van der Waals surface area contributed by atoms with Gasteiger partial charge in [-0.3, -0.25) is 9.88 Å². The van der Waals surface area contributed by atoms with Crippen LogP contribution < -0.4 is 5.32 Å². The van der Waals surface area contributed by atoms with E-state index in [1.165, 1.54) is 18.4 Å². The van der Waals surface area contributed by atoms with Crippen LogP contribution in [0.15, 0.2) is 24.5 Å². The van der Waals surface area contributed by atoms with E-state index in [0.717, 1.165) is 19.5 Å². The van der Waals surface area contributed by atoms with Crippen LogP contribution in [0, 0.1) is 0 Å². The van der Waals surface area contributed by atoms with Crippen LogP contribution in [0.2, 0.25) is 0 Å². The van der Waals surface area contributed by atoms with E-state index in [2.05, 4.69) is 62.0 Å². The maximum absolute atomic E-state index is 6.23. The molecule has 0 aliphatic carbocycles. The van der Waals surface area contributed by atoms with Gasteiger partial charge in [0.05, 0.1) is 11.2 Å². The van der Waals surface area contributed by atoms with E-state index in [-0.39, 0.29) is 11.2 Å². The molecule has 2 fully saturated rings. The fraction of sp³-hybridized carbons (Fsp3) is 0.750. The average Bonchev–Trinajstić information content (AvgIpc) is 2.75. The Morgan fingerprint density at radius 3 is 2.33 bits per heavy atom. The Morgan fingerprint density at radius 1 is 1.17 bits per heavy atom. The molecule has 3 heterocycles. The summed E-state index contributed by atoms with van der Waals surface area (Å²) in [5.74, 6) is 0. The van der Waals surface area contributed by atoms with Crippen molar-refractivity contribution < 1.29 is 4.74 Å². The molecule has 2 aliphatic rings. The number of pyridine rings is 1. The number of rotatable bonds is 4. The Morgan fingerprint density at radius 2 is 1.79 bits per heavy atom. The molecule has 0 aromatic carbocycles. The second-order valence-corrected chi connectivity index (χ2v) is 8.66. The first kappa shape index (κ1) is 17.8. The quantitative estimate of drug-likeness (QED) is 0.916. The normalized spacial score (nSPS) is 28.8. The van der Waals surface area contributed by atoms with Gasteiger partial charge in [-0.25, -0.2) is 0 Å². The van der Waals surface area contributed by atoms with Crippen LogP contribution in [0.25, 0.3) is 0 Å². The molecular formula is C20H33N3O. The summed E-state index contributed by atoms with van der Waals surface area (Å²) < 4.78 is 6.23. The van der Waals surface area contributed by atoms with Crippen LogP contribution in [-0.4, -0.2) is 46.3 Å². The van der Waals surface area contributed by atoms with Gasteiger partial charge in [0.1, 0.15) is 0 Å². The molecule has 1 aromatic rings. The highest BCUT2D eigenvalue weighted by atomic mass is 16.5. The van der Waals surface area contributed by atoms with Crippen molar-refractivity contribution in [3.8, 4) is 0 Å². The van der Waals surface area contributed by atoms with E-state index >= 15 is 0 Å². The average molecular weight is 332 g/mol. The van der Waals surface area contributed by atoms with Gasteiger partial charge in [0, 0.05) is 43.6 Å². The first-order chi connectivity index (χ1) is 11.3. The number of hydrogen-bond donors (Lipinski definition) is 1. The van der Waals surface area contributed by atoms with Crippen LogP contribution in [-0.2, 0) is 4.74 Å². The minimum absolute atomic E-state index is 0.0161. The number of aromatic nitrogens is 1. The van der Waals surface area contributed by atoms with Crippen molar-refractivity contribution >= 4 is 0 Å². The summed E-state index contributed by atoms with van der Waals surface area (Å²) in [6, 6.07) is 5.79. The monoisotopic (exact) mass is 331 g/mol. The summed E-state index contributed by atoms with van der Waals surface area (Å²) in [5, 5.41) is 3.90. The third kappa shape index (κ3) is 3.98. The van der Waals surface area contributed by atoms with Gasteiger partial charge in [-0.05, 0) is 71.6 Å². The largest absolute Gasteiger partial charge is 0.368 e. The molecule has 4 nitrogen and oxygen atoms in total. The highest BCUT2D eigenvalue weighted by Crippen LogP contribution is 2.38. The smallest absolute Gasteiger partial charge is 0.0787 e. The number of nitrogens with one attached hydrogen (secondary N) is 1. The summed E-state index contributed by atoms with van der Waals surface area (Å²) in [6.45, 7) is 13.5. The number of hydrogen-bond acceptors (Lipinski definition) is 4. The summed E-state index contributed by atoms with van der Waals surface area (Å²) >= 11 is 0. The molecule has 0 saturated carbocycles. The molecule has 0 radical (unpaired) electrons. The topological polar surface area (TPSA) is 37.4 Å². The summed E-state index contributed by atoms with van der Waals surface area (Å²) in [5.41, 5.74) is 1.27. The highest BCUT2D eigenvalue weighted by molar-refractivity contribution is 5.14. The molecule has 0 spiro atoms. The van der Waals surface area contributed by atoms with Crippen LogP contribution in [0.1, 0.15) is 65.5 Å². The summed E-state index contributed by atoms with van der Waals surface area (Å²) in [6.07, 6.45) is 7.30. The van der Waals surface area contributed by atoms with Crippen molar-refractivity contribution in [1.82, 2.24) is 15.2 Å². The first-order valence-corrected chi connectivity index (χ1v) is 9.37. The molecule has 1 aromatic heterocycles. The van der Waals surface area contributed by atoms with E-state index in [0.29, 0.717) is 18.1 Å². The fourth-order valence-corrected chi connectivity index (χ4v) is 4.41. The van der Waals surface area contributed by atoms with Gasteiger partial charge in [-0.15, -0.1) is 0 Å². The van der Waals surface area contributed by atoms with Crippen molar-refractivity contribution in [3.05, 3.63) is 30.1 Å². The zero-order chi connectivity index (χ0) is 17.4. The predicted molar refractivity (Wildman–Crippen MR) is 98.0 cm³/mol. The van der Waals surface area contributed by atoms with Crippen LogP contribution >= 0.6 is 0 Å². The minimum Gasteiger partial charge on any atom is -0.368 e. The molecule has 2 saturated heterocycles. The molecule has 1 N–H and O–H groups in total. The number of ether oxygens (including phenoxy) is 1. The van der Waals surface area contributed by atoms with Crippen LogP contribution in [0.5, 0.6) is 0 Å². The highest BCUT2D eigenvalue weighted by Gasteiger charge is 2.46. The number of likely N-dealkylation sites (tertiary alicyclic amines) is 1. The molecule has 24 heavy (non-hydrogen) atoms. The van der Waals surface area contributed by atoms with Gasteiger partial charge < -0.3 is 10.1 Å². The van der Waals surface area contributed by atoms with Gasteiger partial charge in [0.2, 0.25) is 0 Å². The van der Waals surface area contributed by atoms with E-state index in [9.17, 15) is 0 Å². The number of nitrogens with zero attached hydrogens (tertiary/aromatic N) is 2. The van der Waals surface area contributed by atoms with Crippen LogP contribution in [0.3, 0.4) is 0 Å². The Kier molecular flexibility index (Phi) is 5.01. The number of piperidine rings is 1. The van der Waals surface area contributed by atoms with E-state index in [1.807, 2.05) is 12.4 Å². The predicted octanol–water partition coefficient (Wildman–Crippen LogP) is 3.54. The van der Waals surface area contributed by atoms with Crippen molar-refractivity contribution in [1.29, 1.82) is 0 Å². The van der Waals surface area contributed by atoms with Gasteiger partial charge in [0.15, 0.2) is 0 Å². The molecule has 2 unspecified atom stereocenters. The SMILES string of the molecule is CC(c1ccncc1)N1CCC(NC2CC(C)(C)OC2(C)C)CC1. The van der Waals surface area contributed by atoms with Crippen LogP contribution in [0.4, 0.5) is 0 Å². The molecule has 0 bridgehead atoms. The molecule has 0 amide bonds. The fourth-order valence-electron chi connectivity index (χ4n) is 4.41. The molecule has 2 atom stereocenters. The van der Waals surface area contributed by atoms with Gasteiger partial charge in [0.25, 0.3) is 0 Å². The summed E-state index contributed by atoms with van der Waals surface area (Å²) in [4.78, 5) is 6.72. The van der Waals surface area contributed by atoms with Crippen molar-refractivity contribution in [2.24, 2.45) is 0 Å². The van der Waals surface area contributed by atoms with E-state index < -0.39 is 0 Å². The lowest BCUT2D eigenvalue weighted by Gasteiger charge is -2.39. The van der Waals surface area contributed by atoms with Gasteiger partial charge in [-0.2, -0.15) is 0 Å². The molecule has 134 valence electrons. The standard InChI is InChI=1S/C20H33N3O/c1-15(16-6-10-21-11-7-16)23-12-8-17(9-13-23)22-18-14-19(2,3)24-20(18,4)5/h6-7,10-11,15,17-18,22H,8-9,12-14H2,1-5H3. The Hall–Kier alpha value is -0.970. The second kappa shape index (κ2) is 6.74. The third-order valence-electron chi connectivity index (χ3n) is 5.78. The van der Waals surface area contributed by atoms with Crippen molar-refractivity contribution in [3.63, 3.8) is 0 Å². The van der Waals surface area contributed by atoms with Crippen molar-refractivity contribution in [2.45, 2.75) is 83.2 Å². The molecule has 3 rings (SSSR count). The minimum atomic E-state index is -0.0784. The Balaban J connectivity index is 1.52. The first-order valence-electron chi connectivity index (χ1n) is 9.37. The maximum Gasteiger partial charge on any atom is 0.0787 e. The van der Waals surface area contributed by atoms with E-state index in [1.54, 1.807) is 0 Å². The summed E-state index contributed by atoms with van der Waals surface area (Å²) in [7, 11) is 0. The molecule has 4 heteroatoms. The zero-order valence-corrected chi connectivity index (χ0v) is 15.9. The zero-order valence-electron chi connectivity index (χ0n) is 15.9. The van der Waals surface area contributed by atoms with Gasteiger partial charge in [-0.1, -0.05) is 0 Å². The lowest BCUT2D eigenvalue weighted by atomic mass is 9.92. The second-order valence-electron chi connectivity index (χ2n) is 8.66. The van der Waals surface area contributed by atoms with Gasteiger partial charge >= 0.3 is 0 Å². The lowest BCUT2D eigenvalue weighted by molar-refractivity contribution is -0.0709. The molecule has 2 aliphatic heterocycles.